The van der Waals surface area contributed by atoms with E-state index < -0.39 is 38.9 Å². The second kappa shape index (κ2) is 8.45. The second-order valence-corrected chi connectivity index (χ2v) is 9.65. The quantitative estimate of drug-likeness (QED) is 0.474. The lowest BCUT2D eigenvalue weighted by Gasteiger charge is -2.18. The number of sulfonamides is 1. The Morgan fingerprint density at radius 2 is 1.78 bits per heavy atom. The summed E-state index contributed by atoms with van der Waals surface area (Å²) in [7, 11) is -4.61. The molecule has 1 N–H and O–H groups in total. The third-order valence-corrected chi connectivity index (χ3v) is 6.96. The number of aromatic nitrogens is 3. The van der Waals surface area contributed by atoms with Gasteiger partial charge >= 0.3 is 12.4 Å². The fourth-order valence-electron chi connectivity index (χ4n) is 3.55. The van der Waals surface area contributed by atoms with E-state index in [1.54, 1.807) is 18.2 Å². The first-order valence-corrected chi connectivity index (χ1v) is 11.6. The van der Waals surface area contributed by atoms with Crippen molar-refractivity contribution in [1.29, 1.82) is 5.26 Å². The van der Waals surface area contributed by atoms with Crippen LogP contribution < -0.4 is 4.72 Å². The van der Waals surface area contributed by atoms with Crippen LogP contribution in [0, 0.1) is 18.3 Å². The molecule has 0 saturated carbocycles. The third kappa shape index (κ3) is 4.35. The molecule has 4 rings (SSSR count). The lowest BCUT2D eigenvalue weighted by atomic mass is 10.1. The Morgan fingerprint density at radius 3 is 2.28 bits per heavy atom. The molecule has 0 radical (unpaired) electrons. The summed E-state index contributed by atoms with van der Waals surface area (Å²) in [5.74, 6) is 0. The zero-order valence-electron chi connectivity index (χ0n) is 18.4. The van der Waals surface area contributed by atoms with Gasteiger partial charge in [-0.25, -0.2) is 13.4 Å². The summed E-state index contributed by atoms with van der Waals surface area (Å²) in [6, 6.07) is 1.38. The molecule has 36 heavy (non-hydrogen) atoms. The van der Waals surface area contributed by atoms with Crippen molar-refractivity contribution < 1.29 is 34.8 Å². The average Bonchev–Trinajstić information content (AvgIpc) is 3.04. The van der Waals surface area contributed by atoms with Gasteiger partial charge in [0, 0.05) is 23.5 Å². The van der Waals surface area contributed by atoms with E-state index >= 15 is 0 Å². The number of halogens is 6. The average molecular weight is 527 g/mol. The molecular formula is C22H15F6N5O2S. The van der Waals surface area contributed by atoms with Crippen molar-refractivity contribution in [2.24, 2.45) is 0 Å². The number of rotatable bonds is 5. The van der Waals surface area contributed by atoms with E-state index in [-0.39, 0.29) is 33.5 Å². The van der Waals surface area contributed by atoms with Gasteiger partial charge in [-0.3, -0.25) is 9.55 Å². The highest BCUT2D eigenvalue weighted by molar-refractivity contribution is 7.89. The normalized spacial score (nSPS) is 14.9. The van der Waals surface area contributed by atoms with E-state index in [1.807, 2.05) is 6.07 Å². The molecular weight excluding hydrogens is 512 g/mol. The molecule has 0 bridgehead atoms. The molecule has 1 aliphatic carbocycles. The van der Waals surface area contributed by atoms with Gasteiger partial charge in [0.2, 0.25) is 10.0 Å². The Labute approximate surface area is 200 Å². The molecule has 1 atom stereocenters. The van der Waals surface area contributed by atoms with Gasteiger partial charge in [-0.15, -0.1) is 0 Å². The van der Waals surface area contributed by atoms with Crippen LogP contribution in [0.2, 0.25) is 0 Å². The maximum Gasteiger partial charge on any atom is 0.417 e. The Morgan fingerprint density at radius 1 is 1.11 bits per heavy atom. The Kier molecular flexibility index (Phi) is 5.96. The summed E-state index contributed by atoms with van der Waals surface area (Å²) in [4.78, 5) is 7.46. The largest absolute Gasteiger partial charge is 0.417 e. The van der Waals surface area contributed by atoms with Gasteiger partial charge in [-0.05, 0) is 43.7 Å². The maximum atomic E-state index is 13.3. The van der Waals surface area contributed by atoms with Crippen molar-refractivity contribution in [2.45, 2.75) is 37.1 Å². The highest BCUT2D eigenvalue weighted by Gasteiger charge is 2.39. The summed E-state index contributed by atoms with van der Waals surface area (Å²) < 4.78 is 106. The molecule has 0 amide bonds. The predicted octanol–water partition coefficient (Wildman–Crippen LogP) is 4.94. The first-order valence-electron chi connectivity index (χ1n) is 10.1. The Hall–Kier alpha value is -3.70. The van der Waals surface area contributed by atoms with Gasteiger partial charge < -0.3 is 0 Å². The topological polar surface area (TPSA) is 101 Å². The van der Waals surface area contributed by atoms with Crippen LogP contribution in [0.4, 0.5) is 26.3 Å². The van der Waals surface area contributed by atoms with Gasteiger partial charge in [-0.1, -0.05) is 6.08 Å². The van der Waals surface area contributed by atoms with Crippen molar-refractivity contribution in [3.05, 3.63) is 59.4 Å². The van der Waals surface area contributed by atoms with Crippen LogP contribution in [0.5, 0.6) is 0 Å². The first-order chi connectivity index (χ1) is 16.6. The molecule has 188 valence electrons. The molecule has 0 fully saturated rings. The number of allylic oxidation sites excluding steroid dienone is 4. The summed E-state index contributed by atoms with van der Waals surface area (Å²) in [5.41, 5.74) is -0.455. The van der Waals surface area contributed by atoms with Gasteiger partial charge in [0.1, 0.15) is 22.7 Å². The van der Waals surface area contributed by atoms with Crippen LogP contribution in [0.25, 0.3) is 28.1 Å². The van der Waals surface area contributed by atoms with Gasteiger partial charge in [0.15, 0.2) is 0 Å². The number of nitrogens with zero attached hydrogens (tertiary/aromatic N) is 4. The molecule has 0 unspecified atom stereocenters. The second-order valence-electron chi connectivity index (χ2n) is 7.94. The zero-order valence-corrected chi connectivity index (χ0v) is 19.2. The first kappa shape index (κ1) is 25.4. The van der Waals surface area contributed by atoms with Crippen LogP contribution in [-0.2, 0) is 16.2 Å². The van der Waals surface area contributed by atoms with Gasteiger partial charge in [-0.2, -0.15) is 36.3 Å². The van der Waals surface area contributed by atoms with Gasteiger partial charge in [0.25, 0.3) is 0 Å². The highest BCUT2D eigenvalue weighted by atomic mass is 32.2. The van der Waals surface area contributed by atoms with Gasteiger partial charge in [0.05, 0.1) is 22.5 Å². The van der Waals surface area contributed by atoms with E-state index in [1.165, 1.54) is 16.2 Å². The number of aryl methyl sites for hydroxylation is 1. The van der Waals surface area contributed by atoms with Crippen LogP contribution in [-0.4, -0.2) is 35.2 Å². The van der Waals surface area contributed by atoms with Crippen molar-refractivity contribution in [1.82, 2.24) is 19.3 Å². The van der Waals surface area contributed by atoms with Crippen molar-refractivity contribution in [3.63, 3.8) is 0 Å². The molecule has 0 aromatic carbocycles. The van der Waals surface area contributed by atoms with Crippen molar-refractivity contribution in [3.8, 4) is 17.5 Å². The number of hydrogen-bond donors (Lipinski definition) is 1. The van der Waals surface area contributed by atoms with Crippen LogP contribution in [0.3, 0.4) is 0 Å². The minimum absolute atomic E-state index is 0.0436. The molecule has 0 spiro atoms. The lowest BCUT2D eigenvalue weighted by Crippen LogP contribution is -2.43. The fourth-order valence-corrected chi connectivity index (χ4v) is 4.81. The van der Waals surface area contributed by atoms with E-state index in [4.69, 9.17) is 0 Å². The highest BCUT2D eigenvalue weighted by Crippen LogP contribution is 2.39. The molecule has 14 heteroatoms. The Bertz CT molecular complexity index is 1590. The third-order valence-electron chi connectivity index (χ3n) is 5.45. The summed E-state index contributed by atoms with van der Waals surface area (Å²) in [5, 5.41) is 9.76. The zero-order chi connectivity index (χ0) is 26.6. The number of nitrogens with one attached hydrogen (secondary N) is 1. The Balaban J connectivity index is 1.90. The molecule has 3 heterocycles. The van der Waals surface area contributed by atoms with E-state index in [2.05, 4.69) is 9.97 Å². The van der Waals surface area contributed by atoms with Crippen molar-refractivity contribution >= 4 is 26.8 Å². The van der Waals surface area contributed by atoms with Crippen LogP contribution in [0.1, 0.15) is 23.6 Å². The lowest BCUT2D eigenvalue weighted by molar-refractivity contribution is -0.147. The van der Waals surface area contributed by atoms with E-state index in [0.29, 0.717) is 18.8 Å². The molecule has 7 nitrogen and oxygen atoms in total. The molecule has 0 saturated heterocycles. The number of fused-ring (bicyclic) bond motifs is 1. The van der Waals surface area contributed by atoms with Crippen LogP contribution in [0.15, 0.2) is 47.6 Å². The number of alkyl halides is 6. The summed E-state index contributed by atoms with van der Waals surface area (Å²) in [6.45, 7) is 2.06. The summed E-state index contributed by atoms with van der Waals surface area (Å²) >= 11 is 0. The van der Waals surface area contributed by atoms with E-state index in [0.717, 1.165) is 18.3 Å². The maximum absolute atomic E-state index is 13.3. The number of nitriles is 1. The molecule has 1 aliphatic rings. The number of pyridine rings is 2. The molecule has 3 aromatic rings. The van der Waals surface area contributed by atoms with Crippen LogP contribution >= 0.6 is 0 Å². The smallest absolute Gasteiger partial charge is 0.291 e. The minimum Gasteiger partial charge on any atom is -0.291 e. The fraction of sp³-hybridized carbons (Fsp3) is 0.227. The predicted molar refractivity (Wildman–Crippen MR) is 117 cm³/mol. The van der Waals surface area contributed by atoms with Crippen molar-refractivity contribution in [2.75, 3.05) is 0 Å². The monoisotopic (exact) mass is 527 g/mol. The molecule has 0 aliphatic heterocycles. The standard InChI is InChI=1S/C22H15F6N5O2S/c1-11-6-15(36(34,35)32-12(2)21(23,24)25)10-30-18(11)19-17(8-29)16-7-13(22(26,27)28)9-31-20(16)33(19)14-4-3-5-14/h3-7,9-10,12,32H,1-2H3/t12-/m0/s1. The molecule has 3 aromatic heterocycles. The number of hydrogen-bond acceptors (Lipinski definition) is 5. The SMILES string of the molecule is Cc1cc(S(=O)(=O)N[C@@H](C)C(F)(F)F)cnc1-c1c(C#N)c2cc(C(F)(F)F)cnc2n1C1=CC=C1. The van der Waals surface area contributed by atoms with E-state index in [9.17, 15) is 40.0 Å². The summed E-state index contributed by atoms with van der Waals surface area (Å²) in [6.07, 6.45) is -3.17. The minimum atomic E-state index is -4.82.